The summed E-state index contributed by atoms with van der Waals surface area (Å²) in [6.07, 6.45) is 0.157. The minimum atomic E-state index is -0.360. The van der Waals surface area contributed by atoms with Crippen LogP contribution >= 0.6 is 15.9 Å². The van der Waals surface area contributed by atoms with Gasteiger partial charge in [-0.1, -0.05) is 12.1 Å². The molecule has 2 aromatic rings. The van der Waals surface area contributed by atoms with Crippen molar-refractivity contribution in [3.8, 4) is 5.75 Å². The predicted octanol–water partition coefficient (Wildman–Crippen LogP) is 4.33. The first kappa shape index (κ1) is 14.7. The molecule has 0 unspecified atom stereocenters. The number of hydrogen-bond acceptors (Lipinski definition) is 2. The van der Waals surface area contributed by atoms with Gasteiger partial charge < -0.3 is 4.74 Å². The summed E-state index contributed by atoms with van der Waals surface area (Å²) in [4.78, 5) is 12.2. The molecule has 0 N–H and O–H groups in total. The Morgan fingerprint density at radius 2 is 2.05 bits per heavy atom. The molecule has 0 aliphatic heterocycles. The topological polar surface area (TPSA) is 26.3 Å². The highest BCUT2D eigenvalue weighted by molar-refractivity contribution is 9.10. The van der Waals surface area contributed by atoms with Gasteiger partial charge in [0.15, 0.2) is 5.78 Å². The number of Topliss-reactive ketones (excluding diaryl/α,β-unsaturated/α-hetero) is 1. The molecule has 0 atom stereocenters. The van der Waals surface area contributed by atoms with E-state index >= 15 is 0 Å². The first-order chi connectivity index (χ1) is 9.52. The van der Waals surface area contributed by atoms with Gasteiger partial charge in [-0.2, -0.15) is 0 Å². The van der Waals surface area contributed by atoms with Crippen LogP contribution in [0.2, 0.25) is 0 Å². The smallest absolute Gasteiger partial charge is 0.167 e. The molecule has 0 amide bonds. The molecule has 0 aliphatic carbocycles. The summed E-state index contributed by atoms with van der Waals surface area (Å²) in [5.74, 6) is 0.330. The number of methoxy groups -OCH3 is 1. The Labute approximate surface area is 125 Å². The van der Waals surface area contributed by atoms with Gasteiger partial charge in [0, 0.05) is 12.0 Å². The maximum atomic E-state index is 13.4. The molecular weight excluding hydrogens is 323 g/mol. The number of carbonyl (C=O) groups is 1. The van der Waals surface area contributed by atoms with E-state index in [1.54, 1.807) is 37.4 Å². The highest BCUT2D eigenvalue weighted by atomic mass is 79.9. The lowest BCUT2D eigenvalue weighted by Crippen LogP contribution is -2.05. The molecule has 2 nitrogen and oxygen atoms in total. The van der Waals surface area contributed by atoms with Crippen LogP contribution in [-0.2, 0) is 6.42 Å². The van der Waals surface area contributed by atoms with Gasteiger partial charge in [0.25, 0.3) is 0 Å². The van der Waals surface area contributed by atoms with Gasteiger partial charge in [-0.15, -0.1) is 0 Å². The quantitative estimate of drug-likeness (QED) is 0.776. The van der Waals surface area contributed by atoms with Gasteiger partial charge in [0.2, 0.25) is 0 Å². The fraction of sp³-hybridized carbons (Fsp3) is 0.188. The molecule has 0 saturated carbocycles. The van der Waals surface area contributed by atoms with E-state index in [2.05, 4.69) is 15.9 Å². The molecule has 0 radical (unpaired) electrons. The minimum absolute atomic E-state index is 0.0537. The first-order valence-corrected chi connectivity index (χ1v) is 6.93. The Balaban J connectivity index is 2.24. The van der Waals surface area contributed by atoms with E-state index < -0.39 is 0 Å². The second-order valence-corrected chi connectivity index (χ2v) is 5.29. The van der Waals surface area contributed by atoms with Crippen molar-refractivity contribution >= 4 is 21.7 Å². The second-order valence-electron chi connectivity index (χ2n) is 4.50. The molecule has 2 aromatic carbocycles. The highest BCUT2D eigenvalue weighted by Crippen LogP contribution is 2.23. The van der Waals surface area contributed by atoms with Crippen LogP contribution in [0.1, 0.15) is 21.5 Å². The lowest BCUT2D eigenvalue weighted by molar-refractivity contribution is 0.0992. The van der Waals surface area contributed by atoms with Crippen molar-refractivity contribution in [3.63, 3.8) is 0 Å². The van der Waals surface area contributed by atoms with Gasteiger partial charge in [0.05, 0.1) is 11.6 Å². The number of halogens is 2. The number of ether oxygens (including phenoxy) is 1. The third kappa shape index (κ3) is 3.07. The fourth-order valence-corrected chi connectivity index (χ4v) is 2.42. The van der Waals surface area contributed by atoms with Crippen molar-refractivity contribution in [3.05, 3.63) is 63.4 Å². The SMILES string of the molecule is COc1ccc(C(=O)Cc2cccc(F)c2Br)cc1C. The van der Waals surface area contributed by atoms with Crippen LogP contribution in [0, 0.1) is 12.7 Å². The number of hydrogen-bond donors (Lipinski definition) is 0. The van der Waals surface area contributed by atoms with Gasteiger partial charge in [0.1, 0.15) is 11.6 Å². The summed E-state index contributed by atoms with van der Waals surface area (Å²) in [7, 11) is 1.59. The van der Waals surface area contributed by atoms with Crippen molar-refractivity contribution in [1.82, 2.24) is 0 Å². The molecule has 4 heteroatoms. The molecule has 0 spiro atoms. The maximum absolute atomic E-state index is 13.4. The van der Waals surface area contributed by atoms with E-state index in [4.69, 9.17) is 4.74 Å². The molecule has 0 fully saturated rings. The maximum Gasteiger partial charge on any atom is 0.167 e. The van der Waals surface area contributed by atoms with E-state index in [1.165, 1.54) is 6.07 Å². The fourth-order valence-electron chi connectivity index (χ4n) is 2.01. The summed E-state index contributed by atoms with van der Waals surface area (Å²) in [5, 5.41) is 0. The number of aryl methyl sites for hydroxylation is 1. The lowest BCUT2D eigenvalue weighted by atomic mass is 10.0. The standard InChI is InChI=1S/C16H14BrFO2/c1-10-8-11(6-7-15(10)20-2)14(19)9-12-4-3-5-13(18)16(12)17/h3-8H,9H2,1-2H3. The van der Waals surface area contributed by atoms with Crippen LogP contribution in [0.3, 0.4) is 0 Å². The number of rotatable bonds is 4. The molecule has 0 saturated heterocycles. The third-order valence-electron chi connectivity index (χ3n) is 3.10. The van der Waals surface area contributed by atoms with Gasteiger partial charge >= 0.3 is 0 Å². The molecule has 0 aromatic heterocycles. The Bertz CT molecular complexity index is 653. The van der Waals surface area contributed by atoms with E-state index in [9.17, 15) is 9.18 Å². The zero-order valence-corrected chi connectivity index (χ0v) is 12.8. The summed E-state index contributed by atoms with van der Waals surface area (Å²) < 4.78 is 18.9. The van der Waals surface area contributed by atoms with Crippen molar-refractivity contribution in [2.24, 2.45) is 0 Å². The first-order valence-electron chi connectivity index (χ1n) is 6.13. The van der Waals surface area contributed by atoms with Crippen LogP contribution < -0.4 is 4.74 Å². The van der Waals surface area contributed by atoms with E-state index in [-0.39, 0.29) is 18.0 Å². The third-order valence-corrected chi connectivity index (χ3v) is 3.99. The number of ketones is 1. The van der Waals surface area contributed by atoms with Crippen molar-refractivity contribution in [1.29, 1.82) is 0 Å². The van der Waals surface area contributed by atoms with E-state index in [0.717, 1.165) is 11.3 Å². The zero-order valence-electron chi connectivity index (χ0n) is 11.2. The Morgan fingerprint density at radius 1 is 1.30 bits per heavy atom. The van der Waals surface area contributed by atoms with Crippen LogP contribution in [0.4, 0.5) is 4.39 Å². The zero-order chi connectivity index (χ0) is 14.7. The molecular formula is C16H14BrFO2. The molecule has 0 heterocycles. The minimum Gasteiger partial charge on any atom is -0.496 e. The molecule has 0 bridgehead atoms. The monoisotopic (exact) mass is 336 g/mol. The lowest BCUT2D eigenvalue weighted by Gasteiger charge is -2.08. The second kappa shape index (κ2) is 6.18. The average Bonchev–Trinajstić information content (AvgIpc) is 2.43. The molecule has 104 valence electrons. The summed E-state index contributed by atoms with van der Waals surface area (Å²) in [6, 6.07) is 9.97. The summed E-state index contributed by atoms with van der Waals surface area (Å²) in [5.41, 5.74) is 2.14. The Morgan fingerprint density at radius 3 is 2.70 bits per heavy atom. The van der Waals surface area contributed by atoms with Crippen LogP contribution in [0.25, 0.3) is 0 Å². The number of carbonyl (C=O) groups excluding carboxylic acids is 1. The number of benzene rings is 2. The van der Waals surface area contributed by atoms with E-state index in [0.29, 0.717) is 15.6 Å². The van der Waals surface area contributed by atoms with Crippen LogP contribution in [-0.4, -0.2) is 12.9 Å². The molecule has 20 heavy (non-hydrogen) atoms. The van der Waals surface area contributed by atoms with Gasteiger partial charge in [-0.25, -0.2) is 4.39 Å². The van der Waals surface area contributed by atoms with Crippen molar-refractivity contribution in [2.45, 2.75) is 13.3 Å². The largest absolute Gasteiger partial charge is 0.496 e. The molecule has 2 rings (SSSR count). The summed E-state index contributed by atoms with van der Waals surface area (Å²) >= 11 is 3.17. The van der Waals surface area contributed by atoms with Crippen molar-refractivity contribution < 1.29 is 13.9 Å². The summed E-state index contributed by atoms with van der Waals surface area (Å²) in [6.45, 7) is 1.88. The van der Waals surface area contributed by atoms with Gasteiger partial charge in [-0.3, -0.25) is 4.79 Å². The van der Waals surface area contributed by atoms with Gasteiger partial charge in [-0.05, 0) is 58.2 Å². The van der Waals surface area contributed by atoms with Crippen molar-refractivity contribution in [2.75, 3.05) is 7.11 Å². The Kier molecular flexibility index (Phi) is 4.55. The Hall–Kier alpha value is -1.68. The van der Waals surface area contributed by atoms with Crippen LogP contribution in [0.15, 0.2) is 40.9 Å². The molecule has 0 aliphatic rings. The van der Waals surface area contributed by atoms with Crippen LogP contribution in [0.5, 0.6) is 5.75 Å². The normalized spacial score (nSPS) is 10.4. The highest BCUT2D eigenvalue weighted by Gasteiger charge is 2.12. The average molecular weight is 337 g/mol. The van der Waals surface area contributed by atoms with E-state index in [1.807, 2.05) is 6.92 Å². The predicted molar refractivity (Wildman–Crippen MR) is 79.9 cm³/mol.